The highest BCUT2D eigenvalue weighted by Crippen LogP contribution is 2.21. The van der Waals surface area contributed by atoms with E-state index in [1.54, 1.807) is 0 Å². The van der Waals surface area contributed by atoms with Gasteiger partial charge >= 0.3 is 5.97 Å². The molecule has 1 rings (SSSR count). The Hall–Kier alpha value is -0.570. The topological polar surface area (TPSA) is 37.3 Å². The Morgan fingerprint density at radius 2 is 2.20 bits per heavy atom. The minimum absolute atomic E-state index is 0.167. The Bertz CT molecular complexity index is 154. The van der Waals surface area contributed by atoms with Gasteiger partial charge in [0.25, 0.3) is 0 Å². The highest BCUT2D eigenvalue weighted by Gasteiger charge is 2.39. The molecule has 1 fully saturated rings. The predicted octanol–water partition coefficient (Wildman–Crippen LogP) is 0.310. The van der Waals surface area contributed by atoms with Crippen molar-refractivity contribution >= 4 is 5.97 Å². The van der Waals surface area contributed by atoms with Crippen molar-refractivity contribution in [3.63, 3.8) is 0 Å². The van der Waals surface area contributed by atoms with Crippen LogP contribution in [0.25, 0.3) is 0 Å². The highest BCUT2D eigenvalue weighted by atomic mass is 16.4. The Labute approximate surface area is 60.8 Å². The molecule has 0 aliphatic carbocycles. The molecule has 0 spiro atoms. The molecule has 0 aromatic rings. The molecule has 3 nitrogen and oxygen atoms in total. The van der Waals surface area contributed by atoms with E-state index in [1.165, 1.54) is 0 Å². The van der Waals surface area contributed by atoms with Gasteiger partial charge < -0.3 is 9.59 Å². The first-order valence-electron chi connectivity index (χ1n) is 3.59. The maximum absolute atomic E-state index is 10.6. The number of likely N-dealkylation sites (N-methyl/N-ethyl adjacent to an activating group) is 1. The molecule has 0 bridgehead atoms. The van der Waals surface area contributed by atoms with Gasteiger partial charge in [-0.1, -0.05) is 0 Å². The Balaban J connectivity index is 2.68. The van der Waals surface area contributed by atoms with Gasteiger partial charge in [0.1, 0.15) is 0 Å². The van der Waals surface area contributed by atoms with Gasteiger partial charge in [-0.2, -0.15) is 0 Å². The van der Waals surface area contributed by atoms with E-state index in [4.69, 9.17) is 5.11 Å². The summed E-state index contributed by atoms with van der Waals surface area (Å²) in [4.78, 5) is 10.6. The first-order valence-corrected chi connectivity index (χ1v) is 3.59. The van der Waals surface area contributed by atoms with Crippen molar-refractivity contribution in [1.82, 2.24) is 0 Å². The van der Waals surface area contributed by atoms with Gasteiger partial charge in [-0.3, -0.25) is 0 Å². The molecule has 1 atom stereocenters. The zero-order valence-corrected chi connectivity index (χ0v) is 6.50. The minimum atomic E-state index is -0.650. The van der Waals surface area contributed by atoms with Crippen molar-refractivity contribution in [2.75, 3.05) is 20.6 Å². The lowest BCUT2D eigenvalue weighted by Crippen LogP contribution is -2.48. The molecule has 0 amide bonds. The van der Waals surface area contributed by atoms with Gasteiger partial charge in [0.15, 0.2) is 6.04 Å². The molecule has 1 aliphatic heterocycles. The summed E-state index contributed by atoms with van der Waals surface area (Å²) in [7, 11) is 3.96. The standard InChI is InChI=1S/C7H13NO2/c1-8(2)5-3-4-6(8)7(9)10/h6H,3-5H2,1-2H3/p+1. The maximum atomic E-state index is 10.6. The Morgan fingerprint density at radius 3 is 2.40 bits per heavy atom. The zero-order chi connectivity index (χ0) is 7.78. The summed E-state index contributed by atoms with van der Waals surface area (Å²) in [5, 5.41) is 8.73. The fourth-order valence-corrected chi connectivity index (χ4v) is 1.62. The third-order valence-corrected chi connectivity index (χ3v) is 2.34. The first kappa shape index (κ1) is 7.54. The number of carboxylic acid groups (broad SMARTS) is 1. The lowest BCUT2D eigenvalue weighted by atomic mass is 10.2. The fourth-order valence-electron chi connectivity index (χ4n) is 1.62. The molecule has 3 heteroatoms. The monoisotopic (exact) mass is 144 g/mol. The molecule has 58 valence electrons. The number of nitrogens with zero attached hydrogens (tertiary/aromatic N) is 1. The number of quaternary nitrogens is 1. The fraction of sp³-hybridized carbons (Fsp3) is 0.857. The van der Waals surface area contributed by atoms with Crippen LogP contribution < -0.4 is 0 Å². The van der Waals surface area contributed by atoms with Gasteiger partial charge in [-0.25, -0.2) is 4.79 Å². The average molecular weight is 144 g/mol. The number of aliphatic carboxylic acids is 1. The van der Waals surface area contributed by atoms with Gasteiger partial charge in [-0.15, -0.1) is 0 Å². The number of carboxylic acids is 1. The van der Waals surface area contributed by atoms with Crippen LogP contribution >= 0.6 is 0 Å². The molecule has 10 heavy (non-hydrogen) atoms. The second-order valence-electron chi connectivity index (χ2n) is 3.50. The summed E-state index contributed by atoms with van der Waals surface area (Å²) in [6.45, 7) is 0.997. The van der Waals surface area contributed by atoms with Crippen molar-refractivity contribution in [2.24, 2.45) is 0 Å². The molecule has 1 aliphatic rings. The largest absolute Gasteiger partial charge is 0.477 e. The van der Waals surface area contributed by atoms with Crippen LogP contribution in [0.3, 0.4) is 0 Å². The minimum Gasteiger partial charge on any atom is -0.477 e. The molecule has 1 N–H and O–H groups in total. The van der Waals surface area contributed by atoms with Crippen LogP contribution in [0.1, 0.15) is 12.8 Å². The second-order valence-corrected chi connectivity index (χ2v) is 3.50. The third kappa shape index (κ3) is 1.14. The molecular weight excluding hydrogens is 130 g/mol. The summed E-state index contributed by atoms with van der Waals surface area (Å²) in [5.74, 6) is -0.650. The van der Waals surface area contributed by atoms with E-state index < -0.39 is 5.97 Å². The first-order chi connectivity index (χ1) is 4.54. The van der Waals surface area contributed by atoms with Gasteiger partial charge in [0.2, 0.25) is 0 Å². The smallest absolute Gasteiger partial charge is 0.362 e. The third-order valence-electron chi connectivity index (χ3n) is 2.34. The summed E-state index contributed by atoms with van der Waals surface area (Å²) in [6, 6.07) is -0.167. The SMILES string of the molecule is C[N+]1(C)CCCC1C(=O)O. The molecule has 0 saturated carbocycles. The van der Waals surface area contributed by atoms with Crippen LogP contribution in [0, 0.1) is 0 Å². The number of rotatable bonds is 1. The number of hydrogen-bond acceptors (Lipinski definition) is 1. The van der Waals surface area contributed by atoms with Crippen LogP contribution in [-0.2, 0) is 4.79 Å². The summed E-state index contributed by atoms with van der Waals surface area (Å²) in [6.07, 6.45) is 1.88. The van der Waals surface area contributed by atoms with E-state index in [9.17, 15) is 4.79 Å². The van der Waals surface area contributed by atoms with Crippen molar-refractivity contribution in [3.8, 4) is 0 Å². The quantitative estimate of drug-likeness (QED) is 0.538. The van der Waals surface area contributed by atoms with E-state index in [-0.39, 0.29) is 6.04 Å². The van der Waals surface area contributed by atoms with Crippen LogP contribution in [0.4, 0.5) is 0 Å². The molecule has 1 heterocycles. The highest BCUT2D eigenvalue weighted by molar-refractivity contribution is 5.72. The molecule has 0 aromatic carbocycles. The van der Waals surface area contributed by atoms with E-state index in [1.807, 2.05) is 14.1 Å². The molecule has 1 unspecified atom stereocenters. The Morgan fingerprint density at radius 1 is 1.60 bits per heavy atom. The number of likely N-dealkylation sites (tertiary alicyclic amines) is 1. The van der Waals surface area contributed by atoms with Crippen LogP contribution in [-0.4, -0.2) is 42.2 Å². The maximum Gasteiger partial charge on any atom is 0.362 e. The van der Waals surface area contributed by atoms with Gasteiger partial charge in [-0.05, 0) is 0 Å². The molecule has 0 radical (unpaired) electrons. The molecular formula is C7H14NO2+. The summed E-state index contributed by atoms with van der Waals surface area (Å²) < 4.78 is 0.648. The van der Waals surface area contributed by atoms with Crippen molar-refractivity contribution in [1.29, 1.82) is 0 Å². The van der Waals surface area contributed by atoms with Crippen molar-refractivity contribution in [3.05, 3.63) is 0 Å². The van der Waals surface area contributed by atoms with Crippen LogP contribution in [0.2, 0.25) is 0 Å². The summed E-state index contributed by atoms with van der Waals surface area (Å²) in [5.41, 5.74) is 0. The average Bonchev–Trinajstić information content (AvgIpc) is 2.08. The van der Waals surface area contributed by atoms with Gasteiger partial charge in [0, 0.05) is 12.8 Å². The van der Waals surface area contributed by atoms with E-state index in [0.29, 0.717) is 4.48 Å². The van der Waals surface area contributed by atoms with E-state index in [0.717, 1.165) is 19.4 Å². The lowest BCUT2D eigenvalue weighted by molar-refractivity contribution is -0.893. The van der Waals surface area contributed by atoms with E-state index in [2.05, 4.69) is 0 Å². The van der Waals surface area contributed by atoms with Crippen LogP contribution in [0.15, 0.2) is 0 Å². The van der Waals surface area contributed by atoms with Crippen molar-refractivity contribution < 1.29 is 14.4 Å². The number of carbonyl (C=O) groups is 1. The van der Waals surface area contributed by atoms with Crippen molar-refractivity contribution in [2.45, 2.75) is 18.9 Å². The second kappa shape index (κ2) is 2.23. The Kier molecular flexibility index (Phi) is 1.68. The van der Waals surface area contributed by atoms with Gasteiger partial charge in [0.05, 0.1) is 20.6 Å². The zero-order valence-electron chi connectivity index (χ0n) is 6.50. The predicted molar refractivity (Wildman–Crippen MR) is 37.6 cm³/mol. The lowest BCUT2D eigenvalue weighted by Gasteiger charge is -2.28. The summed E-state index contributed by atoms with van der Waals surface area (Å²) >= 11 is 0. The normalized spacial score (nSPS) is 30.4. The molecule has 1 saturated heterocycles. The number of hydrogen-bond donors (Lipinski definition) is 1. The van der Waals surface area contributed by atoms with Crippen LogP contribution in [0.5, 0.6) is 0 Å². The molecule has 0 aromatic heterocycles. The van der Waals surface area contributed by atoms with E-state index >= 15 is 0 Å².